The number of rotatable bonds is 6. The topological polar surface area (TPSA) is 84.0 Å². The van der Waals surface area contributed by atoms with Crippen LogP contribution in [0.4, 0.5) is 5.13 Å². The third-order valence-electron chi connectivity index (χ3n) is 2.83. The summed E-state index contributed by atoms with van der Waals surface area (Å²) in [7, 11) is -3.63. The van der Waals surface area contributed by atoms with Gasteiger partial charge in [0.1, 0.15) is 5.51 Å². The molecule has 0 saturated carbocycles. The molecule has 1 aromatic carbocycles. The molecule has 0 amide bonds. The maximum absolute atomic E-state index is 12.4. The summed E-state index contributed by atoms with van der Waals surface area (Å²) in [6, 6.07) is 5.25. The van der Waals surface area contributed by atoms with E-state index in [4.69, 9.17) is 0 Å². The van der Waals surface area contributed by atoms with Crippen molar-refractivity contribution in [1.29, 1.82) is 0 Å². The highest BCUT2D eigenvalue weighted by molar-refractivity contribution is 7.93. The maximum atomic E-state index is 12.4. The van der Waals surface area contributed by atoms with Gasteiger partial charge in [0.15, 0.2) is 0 Å². The zero-order valence-corrected chi connectivity index (χ0v) is 12.9. The quantitative estimate of drug-likeness (QED) is 0.849. The van der Waals surface area contributed by atoms with Gasteiger partial charge in [0.05, 0.1) is 4.90 Å². The Morgan fingerprint density at radius 2 is 2.15 bits per heavy atom. The molecule has 0 atom stereocenters. The highest BCUT2D eigenvalue weighted by Crippen LogP contribution is 2.22. The van der Waals surface area contributed by atoms with Crippen molar-refractivity contribution >= 4 is 26.5 Å². The molecule has 20 heavy (non-hydrogen) atoms. The Labute approximate surface area is 122 Å². The summed E-state index contributed by atoms with van der Waals surface area (Å²) in [4.78, 5) is 0.267. The zero-order chi connectivity index (χ0) is 14.6. The lowest BCUT2D eigenvalue weighted by atomic mass is 10.1. The van der Waals surface area contributed by atoms with Gasteiger partial charge in [-0.15, -0.1) is 10.2 Å². The summed E-state index contributed by atoms with van der Waals surface area (Å²) in [5, 5.41) is 10.8. The molecular formula is C12H16N4O2S2. The Morgan fingerprint density at radius 1 is 1.35 bits per heavy atom. The summed E-state index contributed by atoms with van der Waals surface area (Å²) in [5.41, 5.74) is 3.18. The van der Waals surface area contributed by atoms with E-state index in [0.717, 1.165) is 29.0 Å². The number of benzene rings is 1. The molecule has 2 rings (SSSR count). The van der Waals surface area contributed by atoms with Gasteiger partial charge in [-0.3, -0.25) is 4.72 Å². The molecular weight excluding hydrogens is 296 g/mol. The van der Waals surface area contributed by atoms with Crippen molar-refractivity contribution in [3.05, 3.63) is 34.8 Å². The molecule has 0 saturated heterocycles. The van der Waals surface area contributed by atoms with Crippen molar-refractivity contribution in [2.45, 2.75) is 25.3 Å². The van der Waals surface area contributed by atoms with Crippen LogP contribution in [-0.4, -0.2) is 25.2 Å². The Hall–Kier alpha value is -1.51. The smallest absolute Gasteiger partial charge is 0.263 e. The van der Waals surface area contributed by atoms with Crippen LogP contribution in [0.15, 0.2) is 28.6 Å². The van der Waals surface area contributed by atoms with Gasteiger partial charge in [-0.1, -0.05) is 30.4 Å². The van der Waals surface area contributed by atoms with E-state index in [1.807, 2.05) is 13.0 Å². The lowest BCUT2D eigenvalue weighted by Crippen LogP contribution is -2.17. The normalized spacial score (nSPS) is 11.5. The number of anilines is 1. The second kappa shape index (κ2) is 6.29. The molecule has 6 nitrogen and oxygen atoms in total. The fraction of sp³-hybridized carbons (Fsp3) is 0.333. The van der Waals surface area contributed by atoms with Crippen molar-refractivity contribution in [1.82, 2.24) is 15.5 Å². The first-order chi connectivity index (χ1) is 9.54. The minimum atomic E-state index is -3.63. The number of sulfonamides is 1. The minimum absolute atomic E-state index is 0.265. The molecule has 1 heterocycles. The monoisotopic (exact) mass is 312 g/mol. The highest BCUT2D eigenvalue weighted by Gasteiger charge is 2.19. The van der Waals surface area contributed by atoms with E-state index in [-0.39, 0.29) is 10.0 Å². The summed E-state index contributed by atoms with van der Waals surface area (Å²) in [5.74, 6) is 0. The Morgan fingerprint density at radius 3 is 2.80 bits per heavy atom. The average molecular weight is 312 g/mol. The summed E-state index contributed by atoms with van der Waals surface area (Å²) in [6.07, 6.45) is 0. The first-order valence-corrected chi connectivity index (χ1v) is 8.49. The molecule has 0 unspecified atom stereocenters. The predicted octanol–water partition coefficient (Wildman–Crippen LogP) is 1.76. The highest BCUT2D eigenvalue weighted by atomic mass is 32.2. The molecule has 0 bridgehead atoms. The second-order valence-corrected chi connectivity index (χ2v) is 6.65. The summed E-state index contributed by atoms with van der Waals surface area (Å²) >= 11 is 1.14. The number of nitrogens with zero attached hydrogens (tertiary/aromatic N) is 2. The first kappa shape index (κ1) is 14.9. The Balaban J connectivity index is 2.32. The van der Waals surface area contributed by atoms with Gasteiger partial charge in [0.2, 0.25) is 5.13 Å². The van der Waals surface area contributed by atoms with Crippen LogP contribution in [0.2, 0.25) is 0 Å². The first-order valence-electron chi connectivity index (χ1n) is 6.12. The van der Waals surface area contributed by atoms with E-state index < -0.39 is 10.0 Å². The zero-order valence-electron chi connectivity index (χ0n) is 11.3. The van der Waals surface area contributed by atoms with E-state index in [2.05, 4.69) is 20.2 Å². The van der Waals surface area contributed by atoms with Gasteiger partial charge in [-0.2, -0.15) is 0 Å². The molecule has 0 aliphatic rings. The third kappa shape index (κ3) is 3.33. The molecule has 8 heteroatoms. The van der Waals surface area contributed by atoms with Crippen molar-refractivity contribution in [2.75, 3.05) is 11.3 Å². The maximum Gasteiger partial charge on any atom is 0.263 e. The van der Waals surface area contributed by atoms with E-state index in [1.165, 1.54) is 5.51 Å². The van der Waals surface area contributed by atoms with Crippen LogP contribution in [0, 0.1) is 6.92 Å². The number of aromatic nitrogens is 2. The van der Waals surface area contributed by atoms with Crippen LogP contribution in [0.5, 0.6) is 0 Å². The third-order valence-corrected chi connectivity index (χ3v) is 5.05. The molecule has 0 aliphatic carbocycles. The van der Waals surface area contributed by atoms with Crippen LogP contribution in [0.3, 0.4) is 0 Å². The summed E-state index contributed by atoms with van der Waals surface area (Å²) < 4.78 is 27.1. The van der Waals surface area contributed by atoms with Gasteiger partial charge in [-0.05, 0) is 30.7 Å². The number of hydrogen-bond acceptors (Lipinski definition) is 6. The lowest BCUT2D eigenvalue weighted by Gasteiger charge is -2.12. The molecule has 2 aromatic rings. The molecule has 0 fully saturated rings. The van der Waals surface area contributed by atoms with E-state index in [1.54, 1.807) is 19.1 Å². The van der Waals surface area contributed by atoms with Crippen LogP contribution in [0.25, 0.3) is 0 Å². The van der Waals surface area contributed by atoms with Gasteiger partial charge in [0, 0.05) is 6.54 Å². The number of hydrogen-bond donors (Lipinski definition) is 2. The molecule has 0 spiro atoms. The number of nitrogens with one attached hydrogen (secondary N) is 2. The van der Waals surface area contributed by atoms with Crippen LogP contribution >= 0.6 is 11.3 Å². The molecule has 2 N–H and O–H groups in total. The SMILES string of the molecule is CCNCc1cccc(S(=O)(=O)Nc2nncs2)c1C. The second-order valence-electron chi connectivity index (χ2n) is 4.17. The van der Waals surface area contributed by atoms with Crippen molar-refractivity contribution in [3.8, 4) is 0 Å². The Bertz CT molecular complexity index is 669. The van der Waals surface area contributed by atoms with E-state index >= 15 is 0 Å². The minimum Gasteiger partial charge on any atom is -0.313 e. The standard InChI is InChI=1S/C12H16N4O2S2/c1-3-13-7-10-5-4-6-11(9(10)2)20(17,18)16-12-15-14-8-19-12/h4-6,8,13H,3,7H2,1-2H3,(H,15,16). The van der Waals surface area contributed by atoms with E-state index in [9.17, 15) is 8.42 Å². The molecule has 0 aliphatic heterocycles. The van der Waals surface area contributed by atoms with Gasteiger partial charge in [-0.25, -0.2) is 8.42 Å². The van der Waals surface area contributed by atoms with Crippen molar-refractivity contribution in [2.24, 2.45) is 0 Å². The van der Waals surface area contributed by atoms with E-state index in [0.29, 0.717) is 6.54 Å². The van der Waals surface area contributed by atoms with Gasteiger partial charge < -0.3 is 5.32 Å². The average Bonchev–Trinajstić information content (AvgIpc) is 2.89. The molecule has 1 aromatic heterocycles. The fourth-order valence-electron chi connectivity index (χ4n) is 1.79. The van der Waals surface area contributed by atoms with Gasteiger partial charge in [0.25, 0.3) is 10.0 Å². The Kier molecular flexibility index (Phi) is 4.69. The van der Waals surface area contributed by atoms with Crippen LogP contribution in [0.1, 0.15) is 18.1 Å². The predicted molar refractivity (Wildman–Crippen MR) is 79.3 cm³/mol. The van der Waals surface area contributed by atoms with Crippen LogP contribution in [-0.2, 0) is 16.6 Å². The van der Waals surface area contributed by atoms with Crippen molar-refractivity contribution < 1.29 is 8.42 Å². The van der Waals surface area contributed by atoms with Crippen LogP contribution < -0.4 is 10.0 Å². The van der Waals surface area contributed by atoms with Crippen molar-refractivity contribution in [3.63, 3.8) is 0 Å². The largest absolute Gasteiger partial charge is 0.313 e. The molecule has 0 radical (unpaired) electrons. The fourth-order valence-corrected chi connectivity index (χ4v) is 3.77. The molecule has 108 valence electrons. The lowest BCUT2D eigenvalue weighted by molar-refractivity contribution is 0.600. The van der Waals surface area contributed by atoms with Gasteiger partial charge >= 0.3 is 0 Å². The summed E-state index contributed by atoms with van der Waals surface area (Å²) in [6.45, 7) is 5.29.